The van der Waals surface area contributed by atoms with Gasteiger partial charge in [0.15, 0.2) is 0 Å². The molecule has 4 rings (SSSR count). The molecule has 0 amide bonds. The van der Waals surface area contributed by atoms with Crippen molar-refractivity contribution in [2.45, 2.75) is 46.5 Å². The molecule has 0 saturated heterocycles. The van der Waals surface area contributed by atoms with Gasteiger partial charge in [0.1, 0.15) is 0 Å². The number of halogens is 3. The minimum absolute atomic E-state index is 0. The van der Waals surface area contributed by atoms with Gasteiger partial charge in [-0.05, 0) is 44.7 Å². The maximum Gasteiger partial charge on any atom is 4.00 e. The fraction of sp³-hybridized carbons (Fsp3) is 0.259. The first-order chi connectivity index (χ1) is 12.9. The molecular formula is C27H27Cl3Ti. The molecule has 0 N–H and O–H groups in total. The van der Waals surface area contributed by atoms with Crippen molar-refractivity contribution in [1.29, 1.82) is 0 Å². The molecule has 0 nitrogen and oxygen atoms in total. The Hall–Kier alpha value is -1.02. The van der Waals surface area contributed by atoms with Crippen molar-refractivity contribution in [3.05, 3.63) is 117 Å². The summed E-state index contributed by atoms with van der Waals surface area (Å²) in [6.45, 7) is 11.0. The molecule has 0 radical (unpaired) electrons. The summed E-state index contributed by atoms with van der Waals surface area (Å²) in [6, 6.07) is 22.7. The molecule has 0 aromatic heterocycles. The second kappa shape index (κ2) is 12.3. The second-order valence-corrected chi connectivity index (χ2v) is 8.19. The van der Waals surface area contributed by atoms with Crippen LogP contribution in [0.25, 0.3) is 0 Å². The molecule has 3 aromatic rings. The molecule has 31 heavy (non-hydrogen) atoms. The summed E-state index contributed by atoms with van der Waals surface area (Å²) < 4.78 is 0. The number of aryl methyl sites for hydroxylation is 4. The largest absolute Gasteiger partial charge is 4.00 e. The Morgan fingerprint density at radius 2 is 1.06 bits per heavy atom. The number of rotatable bonds is 3. The SMILES string of the molecule is CC1=[C-]c2ccccc2C1C(c1cc(C)cc(C)c1)c1cc(C)cc(C)c1.[Cl-].[Cl-].[Cl-].[Ti+4]. The van der Waals surface area contributed by atoms with Gasteiger partial charge in [-0.15, -0.1) is 23.3 Å². The molecule has 160 valence electrons. The minimum atomic E-state index is 0. The number of hydrogen-bond acceptors (Lipinski definition) is 0. The molecule has 0 aliphatic heterocycles. The Kier molecular flexibility index (Phi) is 11.9. The Labute approximate surface area is 221 Å². The molecule has 1 aliphatic rings. The number of hydrogen-bond donors (Lipinski definition) is 0. The van der Waals surface area contributed by atoms with Crippen LogP contribution in [0.4, 0.5) is 0 Å². The normalized spacial score (nSPS) is 13.7. The van der Waals surface area contributed by atoms with E-state index >= 15 is 0 Å². The summed E-state index contributed by atoms with van der Waals surface area (Å²) in [5.41, 5.74) is 12.1. The Balaban J connectivity index is 0.00000225. The standard InChI is InChI=1S/C27H27.3ClH.Ti/c1-17-10-18(2)13-23(12-17)27(24-14-19(3)11-20(4)15-24)26-21(5)16-22-8-6-7-9-25(22)26;;;;/h6-15,26-27H,1-5H3;3*1H;/q-1;;;;+4/p-3. The Bertz CT molecular complexity index is 964. The van der Waals surface area contributed by atoms with E-state index in [-0.39, 0.29) is 58.9 Å². The molecule has 1 unspecified atom stereocenters. The monoisotopic (exact) mass is 504 g/mol. The maximum atomic E-state index is 3.64. The average Bonchev–Trinajstić information content (AvgIpc) is 2.90. The molecule has 0 fully saturated rings. The second-order valence-electron chi connectivity index (χ2n) is 8.19. The summed E-state index contributed by atoms with van der Waals surface area (Å²) >= 11 is 0. The van der Waals surface area contributed by atoms with Crippen LogP contribution in [0.15, 0.2) is 66.2 Å². The van der Waals surface area contributed by atoms with Gasteiger partial charge in [-0.25, -0.2) is 0 Å². The first-order valence-electron chi connectivity index (χ1n) is 9.78. The fourth-order valence-corrected chi connectivity index (χ4v) is 4.79. The third kappa shape index (κ3) is 6.28. The van der Waals surface area contributed by atoms with Crippen molar-refractivity contribution >= 4 is 0 Å². The molecular weight excluding hydrogens is 479 g/mol. The van der Waals surface area contributed by atoms with Crippen LogP contribution in [0.3, 0.4) is 0 Å². The third-order valence-electron chi connectivity index (χ3n) is 5.63. The molecule has 0 saturated carbocycles. The first-order valence-corrected chi connectivity index (χ1v) is 9.78. The Morgan fingerprint density at radius 1 is 0.645 bits per heavy atom. The van der Waals surface area contributed by atoms with Gasteiger partial charge in [0.05, 0.1) is 0 Å². The van der Waals surface area contributed by atoms with Crippen LogP contribution >= 0.6 is 0 Å². The summed E-state index contributed by atoms with van der Waals surface area (Å²) in [5.74, 6) is 0.641. The van der Waals surface area contributed by atoms with Gasteiger partial charge in [0.25, 0.3) is 0 Å². The zero-order chi connectivity index (χ0) is 19.1. The number of fused-ring (bicyclic) bond motifs is 1. The van der Waals surface area contributed by atoms with Crippen LogP contribution in [0.1, 0.15) is 63.3 Å². The molecule has 3 aromatic carbocycles. The van der Waals surface area contributed by atoms with Crippen LogP contribution in [0, 0.1) is 33.8 Å². The molecule has 0 heterocycles. The Morgan fingerprint density at radius 3 is 1.52 bits per heavy atom. The van der Waals surface area contributed by atoms with E-state index in [1.165, 1.54) is 50.1 Å². The van der Waals surface area contributed by atoms with Gasteiger partial charge < -0.3 is 37.2 Å². The third-order valence-corrected chi connectivity index (χ3v) is 5.63. The molecule has 1 aliphatic carbocycles. The van der Waals surface area contributed by atoms with Crippen molar-refractivity contribution in [2.24, 2.45) is 0 Å². The van der Waals surface area contributed by atoms with Gasteiger partial charge >= 0.3 is 21.7 Å². The van der Waals surface area contributed by atoms with Crippen molar-refractivity contribution in [2.75, 3.05) is 0 Å². The zero-order valence-corrected chi connectivity index (χ0v) is 22.4. The van der Waals surface area contributed by atoms with Crippen LogP contribution in [-0.4, -0.2) is 0 Å². The van der Waals surface area contributed by atoms with Gasteiger partial charge in [-0.1, -0.05) is 71.6 Å². The topological polar surface area (TPSA) is 0 Å². The summed E-state index contributed by atoms with van der Waals surface area (Å²) in [5, 5.41) is 0. The number of benzene rings is 3. The van der Waals surface area contributed by atoms with Crippen molar-refractivity contribution < 1.29 is 58.9 Å². The zero-order valence-electron chi connectivity index (χ0n) is 18.6. The molecule has 0 bridgehead atoms. The predicted molar refractivity (Wildman–Crippen MR) is 114 cm³/mol. The van der Waals surface area contributed by atoms with Gasteiger partial charge in [0, 0.05) is 5.92 Å². The van der Waals surface area contributed by atoms with Crippen molar-refractivity contribution in [1.82, 2.24) is 0 Å². The molecule has 1 atom stereocenters. The van der Waals surface area contributed by atoms with E-state index in [2.05, 4.69) is 101 Å². The van der Waals surface area contributed by atoms with Crippen LogP contribution < -0.4 is 37.2 Å². The van der Waals surface area contributed by atoms with Crippen LogP contribution in [0.2, 0.25) is 0 Å². The first kappa shape index (κ1) is 30.0. The minimum Gasteiger partial charge on any atom is -1.00 e. The average molecular weight is 506 g/mol. The van der Waals surface area contributed by atoms with E-state index in [0.717, 1.165) is 0 Å². The summed E-state index contributed by atoms with van der Waals surface area (Å²) in [4.78, 5) is 0. The van der Waals surface area contributed by atoms with E-state index in [9.17, 15) is 0 Å². The fourth-order valence-electron chi connectivity index (χ4n) is 4.79. The predicted octanol–water partition coefficient (Wildman–Crippen LogP) is -2.04. The summed E-state index contributed by atoms with van der Waals surface area (Å²) in [6.07, 6.45) is 3.64. The van der Waals surface area contributed by atoms with E-state index in [0.29, 0.717) is 11.8 Å². The van der Waals surface area contributed by atoms with E-state index in [4.69, 9.17) is 0 Å². The van der Waals surface area contributed by atoms with Crippen LogP contribution in [0.5, 0.6) is 0 Å². The maximum absolute atomic E-state index is 3.64. The van der Waals surface area contributed by atoms with Crippen molar-refractivity contribution in [3.63, 3.8) is 0 Å². The van der Waals surface area contributed by atoms with Crippen molar-refractivity contribution in [3.8, 4) is 0 Å². The quantitative estimate of drug-likeness (QED) is 0.284. The van der Waals surface area contributed by atoms with Gasteiger partial charge in [0.2, 0.25) is 0 Å². The van der Waals surface area contributed by atoms with Gasteiger partial charge in [-0.2, -0.15) is 17.7 Å². The van der Waals surface area contributed by atoms with E-state index < -0.39 is 0 Å². The van der Waals surface area contributed by atoms with E-state index in [1.54, 1.807) is 0 Å². The number of allylic oxidation sites excluding steroid dienone is 1. The molecule has 0 spiro atoms. The smallest absolute Gasteiger partial charge is 1.00 e. The van der Waals surface area contributed by atoms with Gasteiger partial charge in [-0.3, -0.25) is 0 Å². The van der Waals surface area contributed by atoms with E-state index in [1.807, 2.05) is 0 Å². The molecule has 4 heteroatoms. The van der Waals surface area contributed by atoms with Crippen LogP contribution in [-0.2, 0) is 21.7 Å². The summed E-state index contributed by atoms with van der Waals surface area (Å²) in [7, 11) is 0.